The molecule has 0 saturated heterocycles. The van der Waals surface area contributed by atoms with Crippen LogP contribution in [0, 0.1) is 11.3 Å². The van der Waals surface area contributed by atoms with Gasteiger partial charge in [0.2, 0.25) is 0 Å². The Hall–Kier alpha value is -3.55. The number of hydrogen-bond acceptors (Lipinski definition) is 4. The second-order valence-electron chi connectivity index (χ2n) is 6.04. The highest BCUT2D eigenvalue weighted by Gasteiger charge is 2.08. The third-order valence-corrected chi connectivity index (χ3v) is 4.43. The van der Waals surface area contributed by atoms with E-state index in [9.17, 15) is 0 Å². The molecule has 2 heterocycles. The number of nitrogens with two attached hydrogens (primary N) is 1. The first-order valence-corrected chi connectivity index (χ1v) is 8.33. The van der Waals surface area contributed by atoms with E-state index in [0.29, 0.717) is 12.1 Å². The Balaban J connectivity index is 1.78. The summed E-state index contributed by atoms with van der Waals surface area (Å²) in [6, 6.07) is 21.8. The predicted octanol–water partition coefficient (Wildman–Crippen LogP) is 4.29. The van der Waals surface area contributed by atoms with Crippen LogP contribution in [-0.2, 0) is 6.54 Å². The van der Waals surface area contributed by atoms with E-state index in [1.807, 2.05) is 54.7 Å². The van der Waals surface area contributed by atoms with Gasteiger partial charge < -0.3 is 5.73 Å². The van der Waals surface area contributed by atoms with Crippen LogP contribution in [-0.4, -0.2) is 9.97 Å². The minimum atomic E-state index is 0.531. The molecule has 0 aliphatic carbocycles. The van der Waals surface area contributed by atoms with E-state index < -0.39 is 0 Å². The van der Waals surface area contributed by atoms with Gasteiger partial charge >= 0.3 is 0 Å². The Labute approximate surface area is 151 Å². The molecule has 4 rings (SSSR count). The average Bonchev–Trinajstić information content (AvgIpc) is 2.73. The van der Waals surface area contributed by atoms with Crippen LogP contribution in [0.5, 0.6) is 0 Å². The summed E-state index contributed by atoms with van der Waals surface area (Å²) in [6.45, 7) is 0.531. The number of benzene rings is 2. The van der Waals surface area contributed by atoms with Gasteiger partial charge in [-0.1, -0.05) is 36.4 Å². The smallest absolute Gasteiger partial charge is 0.0991 e. The minimum absolute atomic E-state index is 0.531. The van der Waals surface area contributed by atoms with Gasteiger partial charge in [-0.3, -0.25) is 9.97 Å². The van der Waals surface area contributed by atoms with Crippen LogP contribution in [0.15, 0.2) is 73.1 Å². The lowest BCUT2D eigenvalue weighted by Gasteiger charge is -2.08. The summed E-state index contributed by atoms with van der Waals surface area (Å²) in [7, 11) is 0. The van der Waals surface area contributed by atoms with Crippen LogP contribution in [0.25, 0.3) is 33.3 Å². The van der Waals surface area contributed by atoms with Crippen molar-refractivity contribution in [3.8, 4) is 28.3 Å². The van der Waals surface area contributed by atoms with E-state index in [4.69, 9.17) is 11.0 Å². The van der Waals surface area contributed by atoms with Crippen molar-refractivity contribution in [1.82, 2.24) is 9.97 Å². The lowest BCUT2D eigenvalue weighted by molar-refractivity contribution is 1.07. The molecule has 0 unspecified atom stereocenters. The van der Waals surface area contributed by atoms with E-state index in [1.54, 1.807) is 6.20 Å². The first-order valence-electron chi connectivity index (χ1n) is 8.33. The summed E-state index contributed by atoms with van der Waals surface area (Å²) < 4.78 is 0. The maximum absolute atomic E-state index is 8.93. The van der Waals surface area contributed by atoms with E-state index in [0.717, 1.165) is 38.9 Å². The molecule has 2 aromatic carbocycles. The molecule has 4 aromatic rings. The van der Waals surface area contributed by atoms with Crippen LogP contribution < -0.4 is 5.73 Å². The molecular formula is C22H16N4. The number of nitriles is 1. The number of aromatic nitrogens is 2. The summed E-state index contributed by atoms with van der Waals surface area (Å²) in [6.07, 6.45) is 3.65. The third-order valence-electron chi connectivity index (χ3n) is 4.43. The maximum Gasteiger partial charge on any atom is 0.0991 e. The van der Waals surface area contributed by atoms with Crippen molar-refractivity contribution in [1.29, 1.82) is 5.26 Å². The second kappa shape index (κ2) is 6.75. The quantitative estimate of drug-likeness (QED) is 0.605. The van der Waals surface area contributed by atoms with Gasteiger partial charge in [0, 0.05) is 30.1 Å². The van der Waals surface area contributed by atoms with E-state index >= 15 is 0 Å². The van der Waals surface area contributed by atoms with Gasteiger partial charge in [-0.25, -0.2) is 0 Å². The molecule has 2 aromatic heterocycles. The lowest BCUT2D eigenvalue weighted by atomic mass is 10.0. The zero-order valence-corrected chi connectivity index (χ0v) is 14.1. The van der Waals surface area contributed by atoms with Crippen molar-refractivity contribution in [3.63, 3.8) is 0 Å². The molecule has 0 saturated carbocycles. The standard InChI is InChI=1S/C22H16N4/c23-12-15-1-5-17(6-2-15)19-11-21-22(26-14-19)20(9-10-25-21)18-7-3-16(13-24)4-8-18/h1-11,14H,13,24H2. The zero-order chi connectivity index (χ0) is 17.9. The van der Waals surface area contributed by atoms with Crippen molar-refractivity contribution < 1.29 is 0 Å². The largest absolute Gasteiger partial charge is 0.326 e. The van der Waals surface area contributed by atoms with Gasteiger partial charge in [0.1, 0.15) is 0 Å². The van der Waals surface area contributed by atoms with Gasteiger partial charge in [0.05, 0.1) is 22.7 Å². The number of pyridine rings is 2. The van der Waals surface area contributed by atoms with Gasteiger partial charge in [0.15, 0.2) is 0 Å². The van der Waals surface area contributed by atoms with Crippen LogP contribution >= 0.6 is 0 Å². The highest BCUT2D eigenvalue weighted by atomic mass is 14.7. The first kappa shape index (κ1) is 15.9. The fraction of sp³-hybridized carbons (Fsp3) is 0.0455. The summed E-state index contributed by atoms with van der Waals surface area (Å²) >= 11 is 0. The highest BCUT2D eigenvalue weighted by Crippen LogP contribution is 2.29. The number of fused-ring (bicyclic) bond motifs is 1. The summed E-state index contributed by atoms with van der Waals surface area (Å²) in [5.41, 5.74) is 13.3. The molecule has 0 spiro atoms. The van der Waals surface area contributed by atoms with Crippen molar-refractivity contribution in [3.05, 3.63) is 84.2 Å². The fourth-order valence-corrected chi connectivity index (χ4v) is 2.98. The van der Waals surface area contributed by atoms with Crippen molar-refractivity contribution in [2.24, 2.45) is 5.73 Å². The molecule has 0 aliphatic heterocycles. The molecule has 124 valence electrons. The fourth-order valence-electron chi connectivity index (χ4n) is 2.98. The zero-order valence-electron chi connectivity index (χ0n) is 14.1. The van der Waals surface area contributed by atoms with Gasteiger partial charge in [-0.05, 0) is 41.0 Å². The monoisotopic (exact) mass is 336 g/mol. The van der Waals surface area contributed by atoms with Gasteiger partial charge in [-0.15, -0.1) is 0 Å². The maximum atomic E-state index is 8.93. The normalized spacial score (nSPS) is 10.6. The van der Waals surface area contributed by atoms with E-state index in [2.05, 4.69) is 28.2 Å². The van der Waals surface area contributed by atoms with Gasteiger partial charge in [-0.2, -0.15) is 5.26 Å². The van der Waals surface area contributed by atoms with Crippen molar-refractivity contribution in [2.45, 2.75) is 6.54 Å². The number of nitrogens with zero attached hydrogens (tertiary/aromatic N) is 3. The molecule has 2 N–H and O–H groups in total. The SMILES string of the molecule is N#Cc1ccc(-c2cnc3c(-c4ccc(CN)cc4)ccnc3c2)cc1. The Bertz CT molecular complexity index is 1110. The Kier molecular flexibility index (Phi) is 4.14. The van der Waals surface area contributed by atoms with Crippen LogP contribution in [0.3, 0.4) is 0 Å². The molecule has 4 nitrogen and oxygen atoms in total. The summed E-state index contributed by atoms with van der Waals surface area (Å²) in [5, 5.41) is 8.93. The van der Waals surface area contributed by atoms with Crippen LogP contribution in [0.2, 0.25) is 0 Å². The molecule has 0 aliphatic rings. The minimum Gasteiger partial charge on any atom is -0.326 e. The summed E-state index contributed by atoms with van der Waals surface area (Å²) in [4.78, 5) is 9.15. The molecular weight excluding hydrogens is 320 g/mol. The third kappa shape index (κ3) is 2.92. The van der Waals surface area contributed by atoms with E-state index in [1.165, 1.54) is 0 Å². The van der Waals surface area contributed by atoms with Gasteiger partial charge in [0.25, 0.3) is 0 Å². The Morgan fingerprint density at radius 2 is 1.58 bits per heavy atom. The lowest BCUT2D eigenvalue weighted by Crippen LogP contribution is -1.95. The molecule has 0 bridgehead atoms. The average molecular weight is 336 g/mol. The molecule has 26 heavy (non-hydrogen) atoms. The van der Waals surface area contributed by atoms with Crippen LogP contribution in [0.4, 0.5) is 0 Å². The molecule has 0 radical (unpaired) electrons. The number of hydrogen-bond donors (Lipinski definition) is 1. The molecule has 0 atom stereocenters. The first-order chi connectivity index (χ1) is 12.8. The molecule has 0 fully saturated rings. The van der Waals surface area contributed by atoms with Crippen LogP contribution in [0.1, 0.15) is 11.1 Å². The second-order valence-corrected chi connectivity index (χ2v) is 6.04. The number of rotatable bonds is 3. The molecule has 4 heteroatoms. The predicted molar refractivity (Wildman–Crippen MR) is 103 cm³/mol. The van der Waals surface area contributed by atoms with Crippen molar-refractivity contribution >= 4 is 11.0 Å². The summed E-state index contributed by atoms with van der Waals surface area (Å²) in [5.74, 6) is 0. The highest BCUT2D eigenvalue weighted by molar-refractivity contribution is 5.92. The Morgan fingerprint density at radius 1 is 0.846 bits per heavy atom. The Morgan fingerprint density at radius 3 is 2.27 bits per heavy atom. The topological polar surface area (TPSA) is 75.6 Å². The molecule has 0 amide bonds. The van der Waals surface area contributed by atoms with Crippen molar-refractivity contribution in [2.75, 3.05) is 0 Å². The van der Waals surface area contributed by atoms with E-state index in [-0.39, 0.29) is 0 Å².